The average molecular weight is 494 g/mol. The minimum atomic E-state index is -4.31. The summed E-state index contributed by atoms with van der Waals surface area (Å²) in [6, 6.07) is 5.60. The molecule has 0 radical (unpaired) electrons. The van der Waals surface area contributed by atoms with Gasteiger partial charge in [0, 0.05) is 37.3 Å². The zero-order valence-corrected chi connectivity index (χ0v) is 20.0. The molecular formula is C23H28FN3O6S. The molecule has 2 aromatic rings. The van der Waals surface area contributed by atoms with Crippen LogP contribution in [0.1, 0.15) is 25.8 Å². The van der Waals surface area contributed by atoms with Crippen molar-refractivity contribution in [2.45, 2.75) is 31.6 Å². The van der Waals surface area contributed by atoms with Crippen LogP contribution in [0.5, 0.6) is 11.5 Å². The van der Waals surface area contributed by atoms with Gasteiger partial charge in [-0.15, -0.1) is 0 Å². The van der Waals surface area contributed by atoms with Gasteiger partial charge < -0.3 is 24.4 Å². The summed E-state index contributed by atoms with van der Waals surface area (Å²) in [7, 11) is -4.31. The summed E-state index contributed by atoms with van der Waals surface area (Å²) in [5, 5.41) is 2.57. The number of morpholine rings is 1. The first-order valence-corrected chi connectivity index (χ1v) is 12.7. The van der Waals surface area contributed by atoms with E-state index < -0.39 is 20.7 Å². The van der Waals surface area contributed by atoms with E-state index in [2.05, 4.69) is 14.9 Å². The highest BCUT2D eigenvalue weighted by Gasteiger charge is 2.27. The van der Waals surface area contributed by atoms with Crippen LogP contribution in [-0.2, 0) is 26.0 Å². The Labute approximate surface area is 198 Å². The molecule has 2 heterocycles. The third-order valence-corrected chi connectivity index (χ3v) is 6.98. The van der Waals surface area contributed by atoms with E-state index in [4.69, 9.17) is 14.2 Å². The number of aryl methyl sites for hydroxylation is 1. The van der Waals surface area contributed by atoms with Crippen molar-refractivity contribution in [3.05, 3.63) is 35.6 Å². The van der Waals surface area contributed by atoms with Gasteiger partial charge in [0.1, 0.15) is 22.2 Å². The number of hydrogen-bond donors (Lipinski definition) is 2. The predicted octanol–water partition coefficient (Wildman–Crippen LogP) is 3.15. The average Bonchev–Trinajstić information content (AvgIpc) is 2.80. The Kier molecular flexibility index (Phi) is 7.13. The number of halogens is 1. The fourth-order valence-corrected chi connectivity index (χ4v) is 5.18. The van der Waals surface area contributed by atoms with E-state index in [0.717, 1.165) is 11.8 Å². The Balaban J connectivity index is 1.72. The fourth-order valence-electron chi connectivity index (χ4n) is 4.01. The second-order valence-corrected chi connectivity index (χ2v) is 9.53. The molecule has 0 atom stereocenters. The van der Waals surface area contributed by atoms with Crippen LogP contribution in [0, 0.1) is 5.82 Å². The molecule has 1 saturated heterocycles. The SMILES string of the molecule is CCOc1cc(N2CCOCC2)c(OCC)cc1NS(=O)(=O)c1cc2c(cc1F)NC(=O)CC2. The molecule has 0 bridgehead atoms. The van der Waals surface area contributed by atoms with Crippen molar-refractivity contribution in [2.24, 2.45) is 0 Å². The first-order valence-electron chi connectivity index (χ1n) is 11.2. The van der Waals surface area contributed by atoms with Crippen LogP contribution in [0.15, 0.2) is 29.2 Å². The fraction of sp³-hybridized carbons (Fsp3) is 0.435. The molecule has 4 rings (SSSR count). The minimum Gasteiger partial charge on any atom is -0.492 e. The monoisotopic (exact) mass is 493 g/mol. The quantitative estimate of drug-likeness (QED) is 0.582. The molecule has 2 N–H and O–H groups in total. The van der Waals surface area contributed by atoms with Crippen molar-refractivity contribution in [3.63, 3.8) is 0 Å². The van der Waals surface area contributed by atoms with Crippen LogP contribution in [0.2, 0.25) is 0 Å². The molecular weight excluding hydrogens is 465 g/mol. The largest absolute Gasteiger partial charge is 0.492 e. The van der Waals surface area contributed by atoms with Gasteiger partial charge in [-0.3, -0.25) is 9.52 Å². The molecule has 0 aliphatic carbocycles. The van der Waals surface area contributed by atoms with Crippen molar-refractivity contribution in [3.8, 4) is 11.5 Å². The molecule has 0 saturated carbocycles. The lowest BCUT2D eigenvalue weighted by atomic mass is 10.0. The van der Waals surface area contributed by atoms with Crippen molar-refractivity contribution in [1.29, 1.82) is 0 Å². The van der Waals surface area contributed by atoms with E-state index in [0.29, 0.717) is 63.0 Å². The highest BCUT2D eigenvalue weighted by atomic mass is 32.2. The van der Waals surface area contributed by atoms with Crippen LogP contribution in [0.3, 0.4) is 0 Å². The second-order valence-electron chi connectivity index (χ2n) is 7.87. The number of fused-ring (bicyclic) bond motifs is 1. The Morgan fingerprint density at radius 2 is 1.76 bits per heavy atom. The van der Waals surface area contributed by atoms with Crippen molar-refractivity contribution in [1.82, 2.24) is 0 Å². The summed E-state index contributed by atoms with van der Waals surface area (Å²) in [6.07, 6.45) is 0.539. The number of rotatable bonds is 8. The van der Waals surface area contributed by atoms with Gasteiger partial charge >= 0.3 is 0 Å². The molecule has 2 aliphatic heterocycles. The molecule has 11 heteroatoms. The maximum Gasteiger partial charge on any atom is 0.264 e. The van der Waals surface area contributed by atoms with Gasteiger partial charge in [-0.1, -0.05) is 0 Å². The lowest BCUT2D eigenvalue weighted by Crippen LogP contribution is -2.36. The topological polar surface area (TPSA) is 106 Å². The highest BCUT2D eigenvalue weighted by Crippen LogP contribution is 2.40. The molecule has 9 nitrogen and oxygen atoms in total. The Morgan fingerprint density at radius 3 is 2.47 bits per heavy atom. The number of benzene rings is 2. The van der Waals surface area contributed by atoms with Gasteiger partial charge in [0.15, 0.2) is 0 Å². The minimum absolute atomic E-state index is 0.146. The Hall–Kier alpha value is -3.05. The number of carbonyl (C=O) groups is 1. The van der Waals surface area contributed by atoms with Crippen LogP contribution < -0.4 is 24.4 Å². The lowest BCUT2D eigenvalue weighted by Gasteiger charge is -2.31. The van der Waals surface area contributed by atoms with Crippen LogP contribution in [0.4, 0.5) is 21.5 Å². The summed E-state index contributed by atoms with van der Waals surface area (Å²) in [5.74, 6) is -0.395. The maximum absolute atomic E-state index is 14.8. The van der Waals surface area contributed by atoms with Crippen LogP contribution >= 0.6 is 0 Å². The zero-order chi connectivity index (χ0) is 24.3. The van der Waals surface area contributed by atoms with E-state index >= 15 is 0 Å². The zero-order valence-electron chi connectivity index (χ0n) is 19.1. The number of hydrogen-bond acceptors (Lipinski definition) is 7. The van der Waals surface area contributed by atoms with Crippen molar-refractivity contribution in [2.75, 3.05) is 54.5 Å². The number of nitrogens with zero attached hydrogens (tertiary/aromatic N) is 1. The van der Waals surface area contributed by atoms with E-state index in [9.17, 15) is 17.6 Å². The molecule has 2 aliphatic rings. The van der Waals surface area contributed by atoms with Gasteiger partial charge in [0.05, 0.1) is 37.8 Å². The standard InChI is InChI=1S/C23H28FN3O6S/c1-3-32-20-14-19(27-7-9-31-10-8-27)21(33-4-2)13-18(20)26-34(29,30)22-11-15-5-6-23(28)25-17(15)12-16(22)24/h11-14,26H,3-10H2,1-2H3,(H,25,28). The third-order valence-electron chi connectivity index (χ3n) is 5.60. The smallest absolute Gasteiger partial charge is 0.264 e. The van der Waals surface area contributed by atoms with Crippen LogP contribution in [-0.4, -0.2) is 53.8 Å². The third kappa shape index (κ3) is 5.05. The second kappa shape index (κ2) is 10.1. The summed E-state index contributed by atoms with van der Waals surface area (Å²) >= 11 is 0. The lowest BCUT2D eigenvalue weighted by molar-refractivity contribution is -0.116. The van der Waals surface area contributed by atoms with Gasteiger partial charge in [0.25, 0.3) is 10.0 Å². The highest BCUT2D eigenvalue weighted by molar-refractivity contribution is 7.92. The summed E-state index contributed by atoms with van der Waals surface area (Å²) in [6.45, 7) is 6.78. The van der Waals surface area contributed by atoms with Crippen molar-refractivity contribution < 1.29 is 31.8 Å². The van der Waals surface area contributed by atoms with Gasteiger partial charge in [-0.2, -0.15) is 0 Å². The first kappa shape index (κ1) is 24.1. The number of nitrogens with one attached hydrogen (secondary N) is 2. The molecule has 184 valence electrons. The molecule has 0 unspecified atom stereocenters. The van der Waals surface area contributed by atoms with Gasteiger partial charge in [-0.25, -0.2) is 12.8 Å². The summed E-state index contributed by atoms with van der Waals surface area (Å²) in [5.41, 5.74) is 1.76. The molecule has 1 fully saturated rings. The van der Waals surface area contributed by atoms with Crippen molar-refractivity contribution >= 4 is 33.0 Å². The predicted molar refractivity (Wildman–Crippen MR) is 126 cm³/mol. The number of carbonyl (C=O) groups excluding carboxylic acids is 1. The number of anilines is 3. The number of ether oxygens (including phenoxy) is 3. The Bertz CT molecular complexity index is 1180. The number of amides is 1. The van der Waals surface area contributed by atoms with E-state index in [1.165, 1.54) is 6.07 Å². The molecule has 0 spiro atoms. The van der Waals surface area contributed by atoms with E-state index in [-0.39, 0.29) is 23.7 Å². The normalized spacial score (nSPS) is 16.0. The maximum atomic E-state index is 14.8. The van der Waals surface area contributed by atoms with E-state index in [1.807, 2.05) is 6.92 Å². The number of sulfonamides is 1. The molecule has 2 aromatic carbocycles. The van der Waals surface area contributed by atoms with Gasteiger partial charge in [0.2, 0.25) is 5.91 Å². The molecule has 0 aromatic heterocycles. The summed E-state index contributed by atoms with van der Waals surface area (Å²) in [4.78, 5) is 13.2. The van der Waals surface area contributed by atoms with E-state index in [1.54, 1.807) is 19.1 Å². The molecule has 1 amide bonds. The van der Waals surface area contributed by atoms with Gasteiger partial charge in [-0.05, 0) is 38.0 Å². The van der Waals surface area contributed by atoms with Crippen LogP contribution in [0.25, 0.3) is 0 Å². The first-order chi connectivity index (χ1) is 16.3. The molecule has 34 heavy (non-hydrogen) atoms. The Morgan fingerprint density at radius 1 is 1.06 bits per heavy atom. The summed E-state index contributed by atoms with van der Waals surface area (Å²) < 4.78 is 60.7.